The Kier molecular flexibility index (Phi) is 4.96. The second-order valence-corrected chi connectivity index (χ2v) is 8.44. The van der Waals surface area contributed by atoms with E-state index >= 15 is 0 Å². The van der Waals surface area contributed by atoms with Crippen molar-refractivity contribution in [3.05, 3.63) is 57.3 Å². The zero-order chi connectivity index (χ0) is 17.3. The molecule has 25 heavy (non-hydrogen) atoms. The highest BCUT2D eigenvalue weighted by Crippen LogP contribution is 2.44. The molecule has 0 bridgehead atoms. The topological polar surface area (TPSA) is 32.7 Å². The molecule has 1 fully saturated rings. The molecular weight excluding hydrogens is 330 g/mol. The normalized spacial score (nSPS) is 21.2. The van der Waals surface area contributed by atoms with Crippen LogP contribution in [0.3, 0.4) is 0 Å². The summed E-state index contributed by atoms with van der Waals surface area (Å²) >= 11 is 1.98. The van der Waals surface area contributed by atoms with Gasteiger partial charge in [0.25, 0.3) is 0 Å². The van der Waals surface area contributed by atoms with Crippen molar-refractivity contribution in [1.82, 2.24) is 4.90 Å². The first kappa shape index (κ1) is 17.2. The lowest BCUT2D eigenvalue weighted by atomic mass is 9.82. The molecule has 1 unspecified atom stereocenters. The number of likely N-dealkylation sites (tertiary alicyclic amines) is 1. The van der Waals surface area contributed by atoms with Gasteiger partial charge < -0.3 is 14.7 Å². The molecule has 0 amide bonds. The number of piperidine rings is 1. The van der Waals surface area contributed by atoms with Gasteiger partial charge in [0.15, 0.2) is 0 Å². The van der Waals surface area contributed by atoms with Crippen molar-refractivity contribution in [2.75, 3.05) is 26.2 Å². The van der Waals surface area contributed by atoms with Crippen LogP contribution in [0.4, 0.5) is 0 Å². The van der Waals surface area contributed by atoms with Crippen LogP contribution in [-0.2, 0) is 23.2 Å². The molecule has 2 aliphatic rings. The molecule has 1 atom stereocenters. The largest absolute Gasteiger partial charge is 0.387 e. The molecule has 1 N–H and O–H groups in total. The molecule has 1 saturated heterocycles. The van der Waals surface area contributed by atoms with Crippen LogP contribution in [0.5, 0.6) is 0 Å². The molecule has 1 spiro atoms. The fraction of sp³-hybridized carbons (Fsp3) is 0.524. The molecule has 0 aliphatic carbocycles. The number of hydrogen-bond donors (Lipinski definition) is 1. The Morgan fingerprint density at radius 3 is 2.72 bits per heavy atom. The number of aliphatic hydroxyl groups is 1. The molecule has 0 saturated carbocycles. The summed E-state index contributed by atoms with van der Waals surface area (Å²) in [5.41, 5.74) is 2.39. The van der Waals surface area contributed by atoms with Gasteiger partial charge in [-0.15, -0.1) is 11.3 Å². The molecule has 1 aromatic carbocycles. The molecule has 2 aromatic rings. The van der Waals surface area contributed by atoms with Crippen LogP contribution in [-0.4, -0.2) is 36.2 Å². The van der Waals surface area contributed by atoms with Gasteiger partial charge in [0.05, 0.1) is 18.3 Å². The van der Waals surface area contributed by atoms with Crippen LogP contribution in [0.2, 0.25) is 0 Å². The minimum Gasteiger partial charge on any atom is -0.387 e. The highest BCUT2D eigenvalue weighted by Gasteiger charge is 2.42. The summed E-state index contributed by atoms with van der Waals surface area (Å²) in [6.07, 6.45) is 3.83. The summed E-state index contributed by atoms with van der Waals surface area (Å²) in [7, 11) is 0. The standard InChI is InChI=1S/C21H27NO2S/c1-2-17-14-18-20(25-17)8-13-24-21(18)9-11-22(12-10-21)15-19(23)16-6-4-3-5-7-16/h3-7,14,19,23H,2,8-13,15H2,1H3. The second kappa shape index (κ2) is 7.20. The van der Waals surface area contributed by atoms with E-state index in [2.05, 4.69) is 17.9 Å². The van der Waals surface area contributed by atoms with Gasteiger partial charge in [-0.1, -0.05) is 37.3 Å². The van der Waals surface area contributed by atoms with Gasteiger partial charge in [-0.3, -0.25) is 0 Å². The number of hydrogen-bond acceptors (Lipinski definition) is 4. The van der Waals surface area contributed by atoms with Crippen molar-refractivity contribution in [1.29, 1.82) is 0 Å². The van der Waals surface area contributed by atoms with E-state index in [0.29, 0.717) is 6.54 Å². The first-order valence-electron chi connectivity index (χ1n) is 9.41. The number of thiophene rings is 1. The van der Waals surface area contributed by atoms with E-state index in [4.69, 9.17) is 4.74 Å². The molecule has 4 heteroatoms. The zero-order valence-corrected chi connectivity index (χ0v) is 15.7. The Labute approximate surface area is 154 Å². The van der Waals surface area contributed by atoms with Crippen molar-refractivity contribution in [3.8, 4) is 0 Å². The highest BCUT2D eigenvalue weighted by atomic mass is 32.1. The monoisotopic (exact) mass is 357 g/mol. The summed E-state index contributed by atoms with van der Waals surface area (Å²) in [4.78, 5) is 5.41. The highest BCUT2D eigenvalue weighted by molar-refractivity contribution is 7.12. The number of benzene rings is 1. The maximum absolute atomic E-state index is 10.5. The Balaban J connectivity index is 1.43. The third-order valence-corrected chi connectivity index (χ3v) is 7.03. The van der Waals surface area contributed by atoms with E-state index in [-0.39, 0.29) is 5.60 Å². The third-order valence-electron chi connectivity index (χ3n) is 5.69. The first-order valence-corrected chi connectivity index (χ1v) is 10.2. The summed E-state index contributed by atoms with van der Waals surface area (Å²) < 4.78 is 6.35. The van der Waals surface area contributed by atoms with Crippen LogP contribution in [0.15, 0.2) is 36.4 Å². The van der Waals surface area contributed by atoms with Gasteiger partial charge in [0.2, 0.25) is 0 Å². The van der Waals surface area contributed by atoms with Crippen LogP contribution < -0.4 is 0 Å². The molecule has 134 valence electrons. The van der Waals surface area contributed by atoms with Crippen molar-refractivity contribution in [2.24, 2.45) is 0 Å². The van der Waals surface area contributed by atoms with Crippen molar-refractivity contribution in [3.63, 3.8) is 0 Å². The summed E-state index contributed by atoms with van der Waals surface area (Å²) in [5, 5.41) is 10.5. The summed E-state index contributed by atoms with van der Waals surface area (Å²) in [5.74, 6) is 0. The minimum atomic E-state index is -0.411. The Morgan fingerprint density at radius 2 is 2.00 bits per heavy atom. The lowest BCUT2D eigenvalue weighted by molar-refractivity contribution is -0.100. The van der Waals surface area contributed by atoms with Crippen molar-refractivity contribution < 1.29 is 9.84 Å². The van der Waals surface area contributed by atoms with E-state index in [1.165, 1.54) is 10.4 Å². The van der Waals surface area contributed by atoms with E-state index in [1.54, 1.807) is 4.88 Å². The predicted molar refractivity (Wildman–Crippen MR) is 102 cm³/mol. The predicted octanol–water partition coefficient (Wildman–Crippen LogP) is 3.91. The van der Waals surface area contributed by atoms with Gasteiger partial charge in [-0.05, 0) is 36.5 Å². The second-order valence-electron chi connectivity index (χ2n) is 7.22. The maximum Gasteiger partial charge on any atom is 0.0966 e. The average Bonchev–Trinajstić information content (AvgIpc) is 3.09. The average molecular weight is 358 g/mol. The van der Waals surface area contributed by atoms with Crippen molar-refractivity contribution in [2.45, 2.75) is 44.3 Å². The van der Waals surface area contributed by atoms with Gasteiger partial charge in [-0.25, -0.2) is 0 Å². The lowest BCUT2D eigenvalue weighted by Crippen LogP contribution is -2.47. The van der Waals surface area contributed by atoms with Gasteiger partial charge >= 0.3 is 0 Å². The third kappa shape index (κ3) is 3.41. The quantitative estimate of drug-likeness (QED) is 0.900. The summed E-state index contributed by atoms with van der Waals surface area (Å²) in [6.45, 7) is 5.76. The van der Waals surface area contributed by atoms with Gasteiger partial charge in [0, 0.05) is 35.8 Å². The summed E-state index contributed by atoms with van der Waals surface area (Å²) in [6, 6.07) is 12.4. The molecule has 3 heterocycles. The fourth-order valence-electron chi connectivity index (χ4n) is 4.18. The number of fused-ring (bicyclic) bond motifs is 2. The number of aryl methyl sites for hydroxylation is 1. The Morgan fingerprint density at radius 1 is 1.24 bits per heavy atom. The molecule has 2 aliphatic heterocycles. The molecule has 3 nitrogen and oxygen atoms in total. The minimum absolute atomic E-state index is 0.0777. The SMILES string of the molecule is CCc1cc2c(s1)CCOC21CCN(CC(O)c2ccccc2)CC1. The van der Waals surface area contributed by atoms with Crippen molar-refractivity contribution >= 4 is 11.3 Å². The molecule has 4 rings (SSSR count). The van der Waals surface area contributed by atoms with Crippen LogP contribution in [0, 0.1) is 0 Å². The number of ether oxygens (including phenoxy) is 1. The molecule has 0 radical (unpaired) electrons. The number of nitrogens with zero attached hydrogens (tertiary/aromatic N) is 1. The first-order chi connectivity index (χ1) is 12.2. The van der Waals surface area contributed by atoms with Crippen LogP contribution in [0.1, 0.15) is 46.8 Å². The lowest BCUT2D eigenvalue weighted by Gasteiger charge is -2.44. The smallest absolute Gasteiger partial charge is 0.0966 e. The van der Waals surface area contributed by atoms with E-state index in [0.717, 1.165) is 50.9 Å². The van der Waals surface area contributed by atoms with Gasteiger partial charge in [0.1, 0.15) is 0 Å². The maximum atomic E-state index is 10.5. The van der Waals surface area contributed by atoms with E-state index in [9.17, 15) is 5.11 Å². The van der Waals surface area contributed by atoms with Gasteiger partial charge in [-0.2, -0.15) is 0 Å². The fourth-order valence-corrected chi connectivity index (χ4v) is 5.36. The van der Waals surface area contributed by atoms with Crippen LogP contribution in [0.25, 0.3) is 0 Å². The van der Waals surface area contributed by atoms with E-state index < -0.39 is 6.10 Å². The Hall–Kier alpha value is -1.20. The molecular formula is C21H27NO2S. The zero-order valence-electron chi connectivity index (χ0n) is 14.9. The number of aliphatic hydroxyl groups excluding tert-OH is 1. The molecule has 1 aromatic heterocycles. The number of β-amino-alcohol motifs (C(OH)–C–C–N with tert-alkyl or cyclic N) is 1. The van der Waals surface area contributed by atoms with Crippen LogP contribution >= 0.6 is 11.3 Å². The van der Waals surface area contributed by atoms with E-state index in [1.807, 2.05) is 41.7 Å². The number of rotatable bonds is 4. The Bertz CT molecular complexity index is 704.